The topological polar surface area (TPSA) is 61.4 Å². The number of carbonyl (C=O) groups is 1. The summed E-state index contributed by atoms with van der Waals surface area (Å²) in [4.78, 5) is 26.9. The smallest absolute Gasteiger partial charge is 0.227 e. The first-order chi connectivity index (χ1) is 12.7. The molecule has 26 heavy (non-hydrogen) atoms. The summed E-state index contributed by atoms with van der Waals surface area (Å²) in [5.41, 5.74) is 2.76. The molecule has 2 aliphatic rings. The Morgan fingerprint density at radius 3 is 2.46 bits per heavy atom. The van der Waals surface area contributed by atoms with E-state index in [4.69, 9.17) is 4.98 Å². The lowest BCUT2D eigenvalue weighted by Gasteiger charge is -2.33. The highest BCUT2D eigenvalue weighted by atomic mass is 16.1. The van der Waals surface area contributed by atoms with E-state index in [0.717, 1.165) is 44.2 Å². The SMILES string of the molecule is CNc1nc(N2CCN(C)CC2)nc2c1C(=O)C[C@@H](c1ccccc1)C2. The maximum atomic E-state index is 12.8. The van der Waals surface area contributed by atoms with E-state index >= 15 is 0 Å². The van der Waals surface area contributed by atoms with Crippen molar-refractivity contribution in [1.82, 2.24) is 14.9 Å². The van der Waals surface area contributed by atoms with Crippen LogP contribution in [-0.2, 0) is 6.42 Å². The number of rotatable bonds is 3. The molecule has 1 N–H and O–H groups in total. The van der Waals surface area contributed by atoms with E-state index in [-0.39, 0.29) is 11.7 Å². The summed E-state index contributed by atoms with van der Waals surface area (Å²) in [5, 5.41) is 3.12. The first kappa shape index (κ1) is 17.0. The lowest BCUT2D eigenvalue weighted by molar-refractivity contribution is 0.0963. The van der Waals surface area contributed by atoms with E-state index in [1.54, 1.807) is 0 Å². The Bertz CT molecular complexity index is 799. The molecule has 1 aliphatic carbocycles. The van der Waals surface area contributed by atoms with Gasteiger partial charge < -0.3 is 15.1 Å². The van der Waals surface area contributed by atoms with Crippen molar-refractivity contribution in [3.63, 3.8) is 0 Å². The molecule has 0 saturated carbocycles. The van der Waals surface area contributed by atoms with Crippen molar-refractivity contribution >= 4 is 17.5 Å². The third-order valence-electron chi connectivity index (χ3n) is 5.42. The van der Waals surface area contributed by atoms with Gasteiger partial charge in [-0.1, -0.05) is 30.3 Å². The number of piperazine rings is 1. The van der Waals surface area contributed by atoms with E-state index < -0.39 is 0 Å². The summed E-state index contributed by atoms with van der Waals surface area (Å²) in [7, 11) is 3.96. The van der Waals surface area contributed by atoms with Gasteiger partial charge in [-0.25, -0.2) is 4.98 Å². The van der Waals surface area contributed by atoms with Crippen LogP contribution in [0.1, 0.15) is 34.0 Å². The van der Waals surface area contributed by atoms with Crippen molar-refractivity contribution in [2.75, 3.05) is 50.5 Å². The van der Waals surface area contributed by atoms with Gasteiger partial charge in [0.25, 0.3) is 0 Å². The van der Waals surface area contributed by atoms with Crippen LogP contribution in [0, 0.1) is 0 Å². The number of hydrogen-bond donors (Lipinski definition) is 1. The molecular weight excluding hydrogens is 326 g/mol. The maximum absolute atomic E-state index is 12.8. The zero-order valence-electron chi connectivity index (χ0n) is 15.4. The number of hydrogen-bond acceptors (Lipinski definition) is 6. The zero-order valence-corrected chi connectivity index (χ0v) is 15.4. The third-order valence-corrected chi connectivity index (χ3v) is 5.42. The number of nitrogens with one attached hydrogen (secondary N) is 1. The Morgan fingerprint density at radius 2 is 1.77 bits per heavy atom. The Hall–Kier alpha value is -2.47. The molecule has 1 fully saturated rings. The average molecular weight is 351 g/mol. The van der Waals surface area contributed by atoms with E-state index in [0.29, 0.717) is 17.8 Å². The molecule has 0 spiro atoms. The lowest BCUT2D eigenvalue weighted by atomic mass is 9.82. The highest BCUT2D eigenvalue weighted by Gasteiger charge is 2.31. The number of anilines is 2. The highest BCUT2D eigenvalue weighted by molar-refractivity contribution is 6.03. The number of benzene rings is 1. The minimum atomic E-state index is 0.134. The van der Waals surface area contributed by atoms with Gasteiger partial charge in [-0.3, -0.25) is 4.79 Å². The third kappa shape index (κ3) is 3.17. The predicted molar refractivity (Wildman–Crippen MR) is 103 cm³/mol. The fraction of sp³-hybridized carbons (Fsp3) is 0.450. The first-order valence-electron chi connectivity index (χ1n) is 9.26. The molecule has 0 radical (unpaired) electrons. The maximum Gasteiger partial charge on any atom is 0.227 e. The number of likely N-dealkylation sites (N-methyl/N-ethyl adjacent to an activating group) is 1. The average Bonchev–Trinajstić information content (AvgIpc) is 2.68. The molecule has 136 valence electrons. The molecule has 0 amide bonds. The number of Topliss-reactive ketones (excluding diaryl/α,β-unsaturated/α-hetero) is 1. The molecule has 1 aliphatic heterocycles. The molecule has 1 aromatic heterocycles. The Labute approximate surface area is 154 Å². The molecular formula is C20H25N5O. The zero-order chi connectivity index (χ0) is 18.1. The van der Waals surface area contributed by atoms with Gasteiger partial charge in [0.05, 0.1) is 11.3 Å². The van der Waals surface area contributed by atoms with Gasteiger partial charge >= 0.3 is 0 Å². The normalized spacial score (nSPS) is 20.8. The fourth-order valence-electron chi connectivity index (χ4n) is 3.86. The quantitative estimate of drug-likeness (QED) is 0.915. The second kappa shape index (κ2) is 7.03. The number of ketones is 1. The summed E-state index contributed by atoms with van der Waals surface area (Å²) >= 11 is 0. The van der Waals surface area contributed by atoms with Crippen molar-refractivity contribution in [2.45, 2.75) is 18.8 Å². The molecule has 4 rings (SSSR count). The van der Waals surface area contributed by atoms with Gasteiger partial charge in [0, 0.05) is 39.6 Å². The monoisotopic (exact) mass is 351 g/mol. The predicted octanol–water partition coefficient (Wildman–Crippen LogP) is 2.18. The van der Waals surface area contributed by atoms with Crippen molar-refractivity contribution in [3.8, 4) is 0 Å². The summed E-state index contributed by atoms with van der Waals surface area (Å²) in [5.74, 6) is 1.73. The molecule has 6 heteroatoms. The minimum Gasteiger partial charge on any atom is -0.372 e. The molecule has 6 nitrogen and oxygen atoms in total. The standard InChI is InChI=1S/C20H25N5O/c1-21-19-18-16(22-20(23-19)25-10-8-24(2)9-11-25)12-15(13-17(18)26)14-6-4-3-5-7-14/h3-7,15H,8-13H2,1-2H3,(H,21,22,23)/t15-/m0/s1. The van der Waals surface area contributed by atoms with Crippen molar-refractivity contribution in [3.05, 3.63) is 47.2 Å². The molecule has 0 unspecified atom stereocenters. The fourth-order valence-corrected chi connectivity index (χ4v) is 3.86. The van der Waals surface area contributed by atoms with E-state index in [2.05, 4.69) is 39.3 Å². The number of fused-ring (bicyclic) bond motifs is 1. The molecule has 1 atom stereocenters. The van der Waals surface area contributed by atoms with Crippen LogP contribution in [0.5, 0.6) is 0 Å². The highest BCUT2D eigenvalue weighted by Crippen LogP contribution is 2.35. The van der Waals surface area contributed by atoms with Gasteiger partial charge in [0.2, 0.25) is 5.95 Å². The molecule has 2 heterocycles. The van der Waals surface area contributed by atoms with Gasteiger partial charge in [-0.15, -0.1) is 0 Å². The second-order valence-corrected chi connectivity index (χ2v) is 7.17. The van der Waals surface area contributed by atoms with Crippen LogP contribution in [0.15, 0.2) is 30.3 Å². The van der Waals surface area contributed by atoms with Crippen LogP contribution in [0.3, 0.4) is 0 Å². The molecule has 1 aromatic carbocycles. The van der Waals surface area contributed by atoms with Crippen molar-refractivity contribution in [2.24, 2.45) is 0 Å². The van der Waals surface area contributed by atoms with Gasteiger partial charge in [0.1, 0.15) is 5.82 Å². The summed E-state index contributed by atoms with van der Waals surface area (Å²) in [6.45, 7) is 3.82. The van der Waals surface area contributed by atoms with Crippen LogP contribution in [0.25, 0.3) is 0 Å². The van der Waals surface area contributed by atoms with E-state index in [9.17, 15) is 4.79 Å². The van der Waals surface area contributed by atoms with Crippen molar-refractivity contribution in [1.29, 1.82) is 0 Å². The van der Waals surface area contributed by atoms with Gasteiger partial charge in [-0.05, 0) is 24.9 Å². The number of carbonyl (C=O) groups excluding carboxylic acids is 1. The van der Waals surface area contributed by atoms with Crippen LogP contribution in [0.4, 0.5) is 11.8 Å². The largest absolute Gasteiger partial charge is 0.372 e. The van der Waals surface area contributed by atoms with Gasteiger partial charge in [0.15, 0.2) is 5.78 Å². The molecule has 2 aromatic rings. The molecule has 1 saturated heterocycles. The van der Waals surface area contributed by atoms with Crippen LogP contribution < -0.4 is 10.2 Å². The van der Waals surface area contributed by atoms with Crippen LogP contribution >= 0.6 is 0 Å². The Morgan fingerprint density at radius 1 is 1.04 bits per heavy atom. The number of aromatic nitrogens is 2. The Kier molecular flexibility index (Phi) is 4.59. The lowest BCUT2D eigenvalue weighted by Crippen LogP contribution is -2.45. The van der Waals surface area contributed by atoms with Crippen LogP contribution in [-0.4, -0.2) is 60.9 Å². The summed E-state index contributed by atoms with van der Waals surface area (Å²) in [6.07, 6.45) is 1.30. The van der Waals surface area contributed by atoms with E-state index in [1.165, 1.54) is 5.56 Å². The second-order valence-electron chi connectivity index (χ2n) is 7.17. The summed E-state index contributed by atoms with van der Waals surface area (Å²) in [6, 6.07) is 10.3. The minimum absolute atomic E-state index is 0.134. The Balaban J connectivity index is 1.69. The van der Waals surface area contributed by atoms with E-state index in [1.807, 2.05) is 25.2 Å². The number of nitrogens with zero attached hydrogens (tertiary/aromatic N) is 4. The first-order valence-corrected chi connectivity index (χ1v) is 9.26. The molecule has 0 bridgehead atoms. The van der Waals surface area contributed by atoms with Gasteiger partial charge in [-0.2, -0.15) is 4.98 Å². The summed E-state index contributed by atoms with van der Waals surface area (Å²) < 4.78 is 0. The van der Waals surface area contributed by atoms with Crippen LogP contribution in [0.2, 0.25) is 0 Å². The van der Waals surface area contributed by atoms with Crippen molar-refractivity contribution < 1.29 is 4.79 Å².